The normalized spacial score (nSPS) is 20.3. The van der Waals surface area contributed by atoms with E-state index in [0.29, 0.717) is 18.1 Å². The van der Waals surface area contributed by atoms with Gasteiger partial charge in [0.2, 0.25) is 0 Å². The van der Waals surface area contributed by atoms with Crippen LogP contribution in [0.4, 0.5) is 0 Å². The van der Waals surface area contributed by atoms with Crippen LogP contribution in [0.1, 0.15) is 52.4 Å². The molecule has 1 rings (SSSR count). The molecule has 0 radical (unpaired) electrons. The van der Waals surface area contributed by atoms with Crippen molar-refractivity contribution in [1.29, 1.82) is 0 Å². The smallest absolute Gasteiger partial charge is 0.164 e. The van der Waals surface area contributed by atoms with Crippen molar-refractivity contribution < 1.29 is 9.53 Å². The van der Waals surface area contributed by atoms with E-state index in [4.69, 9.17) is 4.74 Å². The molecule has 1 aliphatic rings. The third-order valence-corrected chi connectivity index (χ3v) is 3.26. The molecular weight excluding hydrogens is 176 g/mol. The van der Waals surface area contributed by atoms with E-state index in [9.17, 15) is 4.79 Å². The van der Waals surface area contributed by atoms with Crippen molar-refractivity contribution in [2.45, 2.75) is 58.0 Å². The Morgan fingerprint density at radius 3 is 2.36 bits per heavy atom. The Balaban J connectivity index is 2.48. The summed E-state index contributed by atoms with van der Waals surface area (Å²) in [5, 5.41) is 0. The van der Waals surface area contributed by atoms with Crippen LogP contribution in [0.2, 0.25) is 0 Å². The first-order valence-corrected chi connectivity index (χ1v) is 5.69. The van der Waals surface area contributed by atoms with E-state index in [1.165, 1.54) is 0 Å². The van der Waals surface area contributed by atoms with Gasteiger partial charge in [-0.2, -0.15) is 0 Å². The molecule has 2 nitrogen and oxygen atoms in total. The molecule has 1 saturated carbocycles. The molecule has 1 fully saturated rings. The molecule has 0 spiro atoms. The van der Waals surface area contributed by atoms with Gasteiger partial charge in [-0.25, -0.2) is 0 Å². The van der Waals surface area contributed by atoms with Crippen LogP contribution >= 0.6 is 0 Å². The molecule has 2 heteroatoms. The average Bonchev–Trinajstić information content (AvgIpc) is 2.63. The molecular formula is C12H22O2. The number of hydrogen-bond donors (Lipinski definition) is 0. The van der Waals surface area contributed by atoms with E-state index in [0.717, 1.165) is 32.1 Å². The fourth-order valence-electron chi connectivity index (χ4n) is 2.19. The number of Topliss-reactive ketones (excluding diaryl/α,β-unsaturated/α-hetero) is 1. The lowest BCUT2D eigenvalue weighted by atomic mass is 9.91. The van der Waals surface area contributed by atoms with Gasteiger partial charge in [-0.05, 0) is 38.0 Å². The Labute approximate surface area is 87.0 Å². The van der Waals surface area contributed by atoms with E-state index in [-0.39, 0.29) is 0 Å². The van der Waals surface area contributed by atoms with E-state index in [1.54, 1.807) is 7.11 Å². The van der Waals surface area contributed by atoms with Gasteiger partial charge < -0.3 is 4.74 Å². The molecule has 0 aromatic heterocycles. The maximum atomic E-state index is 12.0. The zero-order valence-electron chi connectivity index (χ0n) is 9.64. The first-order valence-electron chi connectivity index (χ1n) is 5.69. The van der Waals surface area contributed by atoms with Crippen molar-refractivity contribution >= 4 is 5.78 Å². The number of ether oxygens (including phenoxy) is 1. The van der Waals surface area contributed by atoms with Crippen LogP contribution in [0.25, 0.3) is 0 Å². The van der Waals surface area contributed by atoms with Crippen LogP contribution in [-0.2, 0) is 9.53 Å². The minimum Gasteiger partial charge on any atom is -0.370 e. The topological polar surface area (TPSA) is 26.3 Å². The predicted molar refractivity (Wildman–Crippen MR) is 57.3 cm³/mol. The zero-order valence-corrected chi connectivity index (χ0v) is 9.64. The predicted octanol–water partition coefficient (Wildman–Crippen LogP) is 2.95. The highest BCUT2D eigenvalue weighted by atomic mass is 16.5. The Morgan fingerprint density at radius 2 is 1.93 bits per heavy atom. The van der Waals surface area contributed by atoms with Crippen molar-refractivity contribution in [2.24, 2.45) is 5.92 Å². The number of ketones is 1. The van der Waals surface area contributed by atoms with Crippen LogP contribution in [0.5, 0.6) is 0 Å². The zero-order chi connectivity index (χ0) is 10.6. The van der Waals surface area contributed by atoms with Gasteiger partial charge in [-0.1, -0.05) is 13.8 Å². The largest absolute Gasteiger partial charge is 0.370 e. The van der Waals surface area contributed by atoms with Crippen LogP contribution in [-0.4, -0.2) is 18.5 Å². The number of methoxy groups -OCH3 is 1. The molecule has 0 N–H and O–H groups in total. The van der Waals surface area contributed by atoms with Crippen LogP contribution < -0.4 is 0 Å². The Hall–Kier alpha value is -0.370. The second-order valence-corrected chi connectivity index (χ2v) is 4.76. The van der Waals surface area contributed by atoms with E-state index in [1.807, 2.05) is 0 Å². The second-order valence-electron chi connectivity index (χ2n) is 4.76. The summed E-state index contributed by atoms with van der Waals surface area (Å²) in [4.78, 5) is 12.0. The number of hydrogen-bond acceptors (Lipinski definition) is 2. The molecule has 0 saturated heterocycles. The van der Waals surface area contributed by atoms with Gasteiger partial charge in [-0.15, -0.1) is 0 Å². The quantitative estimate of drug-likeness (QED) is 0.679. The first kappa shape index (κ1) is 11.7. The third-order valence-electron chi connectivity index (χ3n) is 3.26. The summed E-state index contributed by atoms with van der Waals surface area (Å²) in [7, 11) is 1.68. The SMILES string of the molecule is COC1(C(=O)CCC(C)C)CCCC1. The summed E-state index contributed by atoms with van der Waals surface area (Å²) in [6, 6.07) is 0. The fraction of sp³-hybridized carbons (Fsp3) is 0.917. The third kappa shape index (κ3) is 2.57. The standard InChI is InChI=1S/C12H22O2/c1-10(2)6-7-11(13)12(14-3)8-4-5-9-12/h10H,4-9H2,1-3H3. The molecule has 1 aliphatic carbocycles. The van der Waals surface area contributed by atoms with Crippen LogP contribution in [0.3, 0.4) is 0 Å². The van der Waals surface area contributed by atoms with Gasteiger partial charge in [0, 0.05) is 13.5 Å². The van der Waals surface area contributed by atoms with Crippen molar-refractivity contribution in [3.05, 3.63) is 0 Å². The Bertz CT molecular complexity index is 190. The molecule has 0 aliphatic heterocycles. The summed E-state index contributed by atoms with van der Waals surface area (Å²) in [6.45, 7) is 4.31. The average molecular weight is 198 g/mol. The minimum atomic E-state index is -0.408. The van der Waals surface area contributed by atoms with Crippen molar-refractivity contribution in [3.8, 4) is 0 Å². The highest BCUT2D eigenvalue weighted by molar-refractivity contribution is 5.87. The summed E-state index contributed by atoms with van der Waals surface area (Å²) in [6.07, 6.45) is 5.82. The number of carbonyl (C=O) groups excluding carboxylic acids is 1. The lowest BCUT2D eigenvalue weighted by Gasteiger charge is -2.25. The van der Waals surface area contributed by atoms with Gasteiger partial charge >= 0.3 is 0 Å². The van der Waals surface area contributed by atoms with Gasteiger partial charge in [0.25, 0.3) is 0 Å². The monoisotopic (exact) mass is 198 g/mol. The highest BCUT2D eigenvalue weighted by Gasteiger charge is 2.40. The second kappa shape index (κ2) is 4.92. The molecule has 0 heterocycles. The summed E-state index contributed by atoms with van der Waals surface area (Å²) < 4.78 is 5.44. The highest BCUT2D eigenvalue weighted by Crippen LogP contribution is 2.34. The molecule has 0 aromatic carbocycles. The maximum absolute atomic E-state index is 12.0. The number of rotatable bonds is 5. The van der Waals surface area contributed by atoms with Gasteiger partial charge in [0.1, 0.15) is 5.60 Å². The van der Waals surface area contributed by atoms with Gasteiger partial charge in [0.15, 0.2) is 5.78 Å². The molecule has 0 amide bonds. The molecule has 14 heavy (non-hydrogen) atoms. The molecule has 0 atom stereocenters. The molecule has 0 bridgehead atoms. The van der Waals surface area contributed by atoms with Crippen LogP contribution in [0.15, 0.2) is 0 Å². The van der Waals surface area contributed by atoms with E-state index in [2.05, 4.69) is 13.8 Å². The van der Waals surface area contributed by atoms with Crippen molar-refractivity contribution in [1.82, 2.24) is 0 Å². The Morgan fingerprint density at radius 1 is 1.36 bits per heavy atom. The molecule has 82 valence electrons. The number of carbonyl (C=O) groups is 1. The summed E-state index contributed by atoms with van der Waals surface area (Å²) >= 11 is 0. The van der Waals surface area contributed by atoms with E-state index >= 15 is 0 Å². The van der Waals surface area contributed by atoms with Gasteiger partial charge in [0.05, 0.1) is 0 Å². The maximum Gasteiger partial charge on any atom is 0.164 e. The summed E-state index contributed by atoms with van der Waals surface area (Å²) in [5.41, 5.74) is -0.408. The van der Waals surface area contributed by atoms with Gasteiger partial charge in [-0.3, -0.25) is 4.79 Å². The fourth-order valence-corrected chi connectivity index (χ4v) is 2.19. The van der Waals surface area contributed by atoms with E-state index < -0.39 is 5.60 Å². The van der Waals surface area contributed by atoms with Crippen LogP contribution in [0, 0.1) is 5.92 Å². The molecule has 0 aromatic rings. The minimum absolute atomic E-state index is 0.325. The lowest BCUT2D eigenvalue weighted by Crippen LogP contribution is -2.37. The summed E-state index contributed by atoms with van der Waals surface area (Å²) in [5.74, 6) is 0.931. The van der Waals surface area contributed by atoms with Crippen molar-refractivity contribution in [3.63, 3.8) is 0 Å². The Kier molecular flexibility index (Phi) is 4.11. The first-order chi connectivity index (χ1) is 6.60. The molecule has 0 unspecified atom stereocenters. The lowest BCUT2D eigenvalue weighted by molar-refractivity contribution is -0.140. The van der Waals surface area contributed by atoms with Crippen molar-refractivity contribution in [2.75, 3.05) is 7.11 Å².